The molecule has 3 heteroatoms. The molecule has 0 radical (unpaired) electrons. The first-order valence-corrected chi connectivity index (χ1v) is 3.59. The molecule has 0 aromatic carbocycles. The van der Waals surface area contributed by atoms with Crippen LogP contribution >= 0.6 is 12.4 Å². The van der Waals surface area contributed by atoms with Crippen LogP contribution in [0.25, 0.3) is 0 Å². The van der Waals surface area contributed by atoms with Crippen molar-refractivity contribution in [2.24, 2.45) is 5.92 Å². The fraction of sp³-hybridized carbons (Fsp3) is 1.00. The molecule has 0 aliphatic carbocycles. The average Bonchev–Trinajstić information content (AvgIpc) is 1.89. The van der Waals surface area contributed by atoms with Gasteiger partial charge >= 0.3 is 0 Å². The Morgan fingerprint density at radius 2 is 2.20 bits per heavy atom. The molecule has 0 bridgehead atoms. The van der Waals surface area contributed by atoms with Crippen LogP contribution in [0.1, 0.15) is 13.3 Å². The Labute approximate surface area is 68.7 Å². The maximum Gasteiger partial charge on any atom is 0.0506 e. The second-order valence-corrected chi connectivity index (χ2v) is 2.74. The van der Waals surface area contributed by atoms with Gasteiger partial charge < -0.3 is 10.1 Å². The third-order valence-electron chi connectivity index (χ3n) is 2.01. The van der Waals surface area contributed by atoms with E-state index < -0.39 is 0 Å². The minimum Gasteiger partial charge on any atom is -0.381 e. The minimum absolute atomic E-state index is 0. The van der Waals surface area contributed by atoms with E-state index >= 15 is 0 Å². The highest BCUT2D eigenvalue weighted by Gasteiger charge is 2.19. The van der Waals surface area contributed by atoms with Gasteiger partial charge in [-0.25, -0.2) is 0 Å². The number of nitrogens with one attached hydrogen (secondary N) is 1. The highest BCUT2D eigenvalue weighted by molar-refractivity contribution is 5.85. The predicted molar refractivity (Wildman–Crippen MR) is 44.7 cm³/mol. The highest BCUT2D eigenvalue weighted by Crippen LogP contribution is 2.12. The van der Waals surface area contributed by atoms with E-state index in [9.17, 15) is 0 Å². The molecule has 1 saturated heterocycles. The van der Waals surface area contributed by atoms with Gasteiger partial charge in [-0.3, -0.25) is 0 Å². The lowest BCUT2D eigenvalue weighted by Crippen LogP contribution is -2.39. The van der Waals surface area contributed by atoms with Crippen LogP contribution in [0.3, 0.4) is 0 Å². The molecule has 0 unspecified atom stereocenters. The first-order valence-electron chi connectivity index (χ1n) is 3.59. The zero-order chi connectivity index (χ0) is 6.69. The van der Waals surface area contributed by atoms with E-state index in [2.05, 4.69) is 12.2 Å². The van der Waals surface area contributed by atoms with Crippen LogP contribution in [0.15, 0.2) is 0 Å². The SMILES string of the molecule is CN[C@H]1CCOC[C@H]1C.Cl. The molecule has 0 aromatic heterocycles. The molecule has 62 valence electrons. The zero-order valence-corrected chi connectivity index (χ0v) is 7.41. The second-order valence-electron chi connectivity index (χ2n) is 2.74. The number of rotatable bonds is 1. The van der Waals surface area contributed by atoms with Crippen molar-refractivity contribution in [2.75, 3.05) is 20.3 Å². The van der Waals surface area contributed by atoms with Crippen molar-refractivity contribution in [2.45, 2.75) is 19.4 Å². The monoisotopic (exact) mass is 165 g/mol. The van der Waals surface area contributed by atoms with Gasteiger partial charge in [0.2, 0.25) is 0 Å². The predicted octanol–water partition coefficient (Wildman–Crippen LogP) is 1.05. The van der Waals surface area contributed by atoms with Crippen LogP contribution in [0.5, 0.6) is 0 Å². The van der Waals surface area contributed by atoms with Gasteiger partial charge in [0, 0.05) is 12.6 Å². The number of ether oxygens (including phenoxy) is 1. The van der Waals surface area contributed by atoms with Gasteiger partial charge in [0.15, 0.2) is 0 Å². The Bertz CT molecular complexity index is 89.7. The van der Waals surface area contributed by atoms with Crippen LogP contribution in [0.4, 0.5) is 0 Å². The van der Waals surface area contributed by atoms with Crippen LogP contribution < -0.4 is 5.32 Å². The van der Waals surface area contributed by atoms with E-state index in [1.807, 2.05) is 7.05 Å². The smallest absolute Gasteiger partial charge is 0.0506 e. The molecule has 1 aliphatic rings. The standard InChI is InChI=1S/C7H15NO.ClH/c1-6-5-9-4-3-7(6)8-2;/h6-8H,3-5H2,1-2H3;1H/t6-,7+;/m1./s1. The van der Waals surface area contributed by atoms with Gasteiger partial charge in [-0.2, -0.15) is 0 Å². The Balaban J connectivity index is 0.000000810. The highest BCUT2D eigenvalue weighted by atomic mass is 35.5. The van der Waals surface area contributed by atoms with E-state index in [1.54, 1.807) is 0 Å². The maximum absolute atomic E-state index is 5.27. The molecular formula is C7H16ClNO. The fourth-order valence-electron chi connectivity index (χ4n) is 1.31. The molecule has 1 aliphatic heterocycles. The summed E-state index contributed by atoms with van der Waals surface area (Å²) < 4.78 is 5.27. The molecule has 1 heterocycles. The summed E-state index contributed by atoms with van der Waals surface area (Å²) in [6.45, 7) is 4.07. The maximum atomic E-state index is 5.27. The Morgan fingerprint density at radius 1 is 1.50 bits per heavy atom. The molecule has 0 aromatic rings. The van der Waals surface area contributed by atoms with E-state index in [1.165, 1.54) is 0 Å². The normalized spacial score (nSPS) is 33.0. The molecule has 1 N–H and O–H groups in total. The molecule has 0 saturated carbocycles. The Hall–Kier alpha value is 0.210. The topological polar surface area (TPSA) is 21.3 Å². The molecule has 2 nitrogen and oxygen atoms in total. The first-order chi connectivity index (χ1) is 4.34. The Morgan fingerprint density at radius 3 is 2.60 bits per heavy atom. The van der Waals surface area contributed by atoms with Crippen molar-refractivity contribution in [1.29, 1.82) is 0 Å². The van der Waals surface area contributed by atoms with Crippen molar-refractivity contribution in [1.82, 2.24) is 5.32 Å². The third kappa shape index (κ3) is 2.45. The summed E-state index contributed by atoms with van der Waals surface area (Å²) in [5.74, 6) is 0.684. The molecular weight excluding hydrogens is 150 g/mol. The van der Waals surface area contributed by atoms with Crippen molar-refractivity contribution in [3.8, 4) is 0 Å². The van der Waals surface area contributed by atoms with Crippen molar-refractivity contribution in [3.63, 3.8) is 0 Å². The quantitative estimate of drug-likeness (QED) is 0.628. The molecule has 1 rings (SSSR count). The molecule has 10 heavy (non-hydrogen) atoms. The number of hydrogen-bond acceptors (Lipinski definition) is 2. The Kier molecular flexibility index (Phi) is 5.04. The largest absolute Gasteiger partial charge is 0.381 e. The fourth-order valence-corrected chi connectivity index (χ4v) is 1.31. The third-order valence-corrected chi connectivity index (χ3v) is 2.01. The van der Waals surface area contributed by atoms with E-state index in [0.29, 0.717) is 12.0 Å². The lowest BCUT2D eigenvalue weighted by Gasteiger charge is -2.28. The summed E-state index contributed by atoms with van der Waals surface area (Å²) in [4.78, 5) is 0. The number of halogens is 1. The van der Waals surface area contributed by atoms with Gasteiger partial charge in [-0.15, -0.1) is 12.4 Å². The lowest BCUT2D eigenvalue weighted by atomic mass is 9.98. The van der Waals surface area contributed by atoms with Gasteiger partial charge in [-0.1, -0.05) is 6.92 Å². The molecule has 0 spiro atoms. The van der Waals surface area contributed by atoms with Gasteiger partial charge in [-0.05, 0) is 19.4 Å². The molecule has 0 amide bonds. The summed E-state index contributed by atoms with van der Waals surface area (Å²) in [6.07, 6.45) is 1.16. The van der Waals surface area contributed by atoms with Crippen LogP contribution in [0.2, 0.25) is 0 Å². The zero-order valence-electron chi connectivity index (χ0n) is 6.59. The van der Waals surface area contributed by atoms with Crippen molar-refractivity contribution in [3.05, 3.63) is 0 Å². The van der Waals surface area contributed by atoms with Gasteiger partial charge in [0.25, 0.3) is 0 Å². The first kappa shape index (κ1) is 10.2. The second kappa shape index (κ2) is 4.94. The van der Waals surface area contributed by atoms with Crippen molar-refractivity contribution < 1.29 is 4.74 Å². The van der Waals surface area contributed by atoms with Gasteiger partial charge in [0.1, 0.15) is 0 Å². The van der Waals surface area contributed by atoms with Crippen LogP contribution in [-0.4, -0.2) is 26.3 Å². The van der Waals surface area contributed by atoms with Crippen molar-refractivity contribution >= 4 is 12.4 Å². The number of hydrogen-bond donors (Lipinski definition) is 1. The average molecular weight is 166 g/mol. The molecule has 2 atom stereocenters. The molecule has 1 fully saturated rings. The summed E-state index contributed by atoms with van der Waals surface area (Å²) in [6, 6.07) is 0.679. The van der Waals surface area contributed by atoms with E-state index in [4.69, 9.17) is 4.74 Å². The van der Waals surface area contributed by atoms with Crippen LogP contribution in [0, 0.1) is 5.92 Å². The van der Waals surface area contributed by atoms with E-state index in [0.717, 1.165) is 19.6 Å². The van der Waals surface area contributed by atoms with Crippen LogP contribution in [-0.2, 0) is 4.74 Å². The van der Waals surface area contributed by atoms with Gasteiger partial charge in [0.05, 0.1) is 6.61 Å². The minimum atomic E-state index is 0. The summed E-state index contributed by atoms with van der Waals surface area (Å²) in [5, 5.41) is 3.27. The summed E-state index contributed by atoms with van der Waals surface area (Å²) in [7, 11) is 2.02. The summed E-state index contributed by atoms with van der Waals surface area (Å²) >= 11 is 0. The lowest BCUT2D eigenvalue weighted by molar-refractivity contribution is 0.0412. The van der Waals surface area contributed by atoms with E-state index in [-0.39, 0.29) is 12.4 Å². The summed E-state index contributed by atoms with van der Waals surface area (Å²) in [5.41, 5.74) is 0.